The van der Waals surface area contributed by atoms with E-state index in [-0.39, 0.29) is 5.56 Å². The lowest BCUT2D eigenvalue weighted by molar-refractivity contribution is 0.0750. The van der Waals surface area contributed by atoms with Crippen molar-refractivity contribution in [3.8, 4) is 0 Å². The minimum Gasteiger partial charge on any atom is -0.297 e. The molecule has 0 atom stereocenters. The van der Waals surface area contributed by atoms with Gasteiger partial charge in [-0.2, -0.15) is 10.2 Å². The minimum atomic E-state index is -0.00540. The van der Waals surface area contributed by atoms with E-state index >= 15 is 0 Å². The minimum absolute atomic E-state index is 0.00540. The molecule has 0 amide bonds. The lowest BCUT2D eigenvalue weighted by Crippen LogP contribution is -2.49. The number of fused-ring (bicyclic) bond motifs is 1. The molecule has 0 spiro atoms. The van der Waals surface area contributed by atoms with Gasteiger partial charge in [0.2, 0.25) is 0 Å². The molecule has 0 radical (unpaired) electrons. The number of rotatable bonds is 4. The van der Waals surface area contributed by atoms with E-state index in [9.17, 15) is 4.79 Å². The molecule has 1 N–H and O–H groups in total. The molecule has 116 valence electrons. The Kier molecular flexibility index (Phi) is 3.33. The highest BCUT2D eigenvalue weighted by Gasteiger charge is 2.29. The lowest BCUT2D eigenvalue weighted by atomic mass is 9.99. The third-order valence-corrected chi connectivity index (χ3v) is 4.73. The molecule has 4 rings (SSSR count). The van der Waals surface area contributed by atoms with Gasteiger partial charge in [0, 0.05) is 37.3 Å². The van der Waals surface area contributed by atoms with E-state index in [1.54, 1.807) is 16.8 Å². The third-order valence-electron chi connectivity index (χ3n) is 4.73. The average molecular weight is 299 g/mol. The summed E-state index contributed by atoms with van der Waals surface area (Å²) in [7, 11) is 0. The van der Waals surface area contributed by atoms with Gasteiger partial charge >= 0.3 is 0 Å². The number of hydrogen-bond acceptors (Lipinski definition) is 4. The Labute approximate surface area is 129 Å². The van der Waals surface area contributed by atoms with Gasteiger partial charge in [-0.15, -0.1) is 0 Å². The van der Waals surface area contributed by atoms with Gasteiger partial charge in [-0.05, 0) is 37.8 Å². The van der Waals surface area contributed by atoms with Crippen molar-refractivity contribution in [3.63, 3.8) is 0 Å². The first-order valence-electron chi connectivity index (χ1n) is 8.01. The summed E-state index contributed by atoms with van der Waals surface area (Å²) in [4.78, 5) is 14.2. The van der Waals surface area contributed by atoms with E-state index in [0.717, 1.165) is 38.3 Å². The van der Waals surface area contributed by atoms with Gasteiger partial charge in [-0.1, -0.05) is 0 Å². The van der Waals surface area contributed by atoms with Crippen LogP contribution in [-0.2, 0) is 25.9 Å². The third kappa shape index (κ3) is 2.47. The summed E-state index contributed by atoms with van der Waals surface area (Å²) in [5, 5.41) is 11.9. The first-order valence-corrected chi connectivity index (χ1v) is 8.01. The van der Waals surface area contributed by atoms with Gasteiger partial charge in [-0.25, -0.2) is 4.68 Å². The number of H-pyrrole nitrogens is 1. The molecule has 1 aliphatic heterocycles. The molecular formula is C16H21N5O. The number of aromatic amines is 1. The van der Waals surface area contributed by atoms with Gasteiger partial charge in [0.15, 0.2) is 0 Å². The van der Waals surface area contributed by atoms with E-state index < -0.39 is 0 Å². The van der Waals surface area contributed by atoms with Gasteiger partial charge < -0.3 is 0 Å². The van der Waals surface area contributed by atoms with Crippen LogP contribution in [0.4, 0.5) is 0 Å². The molecule has 0 unspecified atom stereocenters. The van der Waals surface area contributed by atoms with Gasteiger partial charge in [-0.3, -0.25) is 14.8 Å². The Morgan fingerprint density at radius 3 is 3.05 bits per heavy atom. The van der Waals surface area contributed by atoms with Crippen LogP contribution in [0.2, 0.25) is 0 Å². The number of likely N-dealkylation sites (tertiary alicyclic amines) is 1. The molecule has 1 saturated heterocycles. The number of nitrogens with one attached hydrogen (secondary N) is 1. The maximum Gasteiger partial charge on any atom is 0.266 e. The highest BCUT2D eigenvalue weighted by molar-refractivity contribution is 5.29. The predicted octanol–water partition coefficient (Wildman–Crippen LogP) is 0.896. The van der Waals surface area contributed by atoms with E-state index in [4.69, 9.17) is 0 Å². The lowest BCUT2D eigenvalue weighted by Gasteiger charge is -2.38. The normalized spacial score (nSPS) is 18.4. The van der Waals surface area contributed by atoms with Gasteiger partial charge in [0.25, 0.3) is 5.56 Å². The van der Waals surface area contributed by atoms with Crippen LogP contribution >= 0.6 is 0 Å². The molecular weight excluding hydrogens is 278 g/mol. The summed E-state index contributed by atoms with van der Waals surface area (Å²) < 4.78 is 1.60. The van der Waals surface area contributed by atoms with Crippen molar-refractivity contribution in [1.82, 2.24) is 24.9 Å². The number of aryl methyl sites for hydroxylation is 2. The first kappa shape index (κ1) is 13.7. The van der Waals surface area contributed by atoms with Crippen LogP contribution in [0, 0.1) is 12.8 Å². The first-order chi connectivity index (χ1) is 10.7. The molecule has 0 bridgehead atoms. The SMILES string of the molecule is Cc1ccc(=O)n(CC2CN(Cc3n[nH]c4c3CCC4)C2)n1. The zero-order valence-electron chi connectivity index (χ0n) is 12.9. The quantitative estimate of drug-likeness (QED) is 0.911. The van der Waals surface area contributed by atoms with Crippen molar-refractivity contribution >= 4 is 0 Å². The monoisotopic (exact) mass is 299 g/mol. The largest absolute Gasteiger partial charge is 0.297 e. The van der Waals surface area contributed by atoms with Crippen molar-refractivity contribution in [3.05, 3.63) is 45.1 Å². The Balaban J connectivity index is 1.34. The van der Waals surface area contributed by atoms with Crippen molar-refractivity contribution in [2.75, 3.05) is 13.1 Å². The van der Waals surface area contributed by atoms with E-state index in [0.29, 0.717) is 5.92 Å². The fraction of sp³-hybridized carbons (Fsp3) is 0.562. The summed E-state index contributed by atoms with van der Waals surface area (Å²) >= 11 is 0. The molecule has 1 fully saturated rings. The van der Waals surface area contributed by atoms with Crippen molar-refractivity contribution in [2.24, 2.45) is 5.92 Å². The summed E-state index contributed by atoms with van der Waals surface area (Å²) in [5.41, 5.74) is 4.89. The maximum absolute atomic E-state index is 11.8. The van der Waals surface area contributed by atoms with Crippen molar-refractivity contribution < 1.29 is 0 Å². The zero-order valence-corrected chi connectivity index (χ0v) is 12.9. The Bertz CT molecular complexity index is 741. The molecule has 2 aromatic heterocycles. The smallest absolute Gasteiger partial charge is 0.266 e. The average Bonchev–Trinajstić information content (AvgIpc) is 3.04. The van der Waals surface area contributed by atoms with Crippen LogP contribution in [-0.4, -0.2) is 38.0 Å². The number of aromatic nitrogens is 4. The molecule has 2 aliphatic rings. The Morgan fingerprint density at radius 2 is 2.18 bits per heavy atom. The fourth-order valence-corrected chi connectivity index (χ4v) is 3.58. The molecule has 0 aromatic carbocycles. The van der Waals surface area contributed by atoms with Gasteiger partial charge in [0.1, 0.15) is 0 Å². The maximum atomic E-state index is 11.8. The van der Waals surface area contributed by atoms with E-state index in [2.05, 4.69) is 20.2 Å². The molecule has 3 heterocycles. The standard InChI is InChI=1S/C16H21N5O/c1-11-5-6-16(22)21(19-11)9-12-7-20(8-12)10-15-13-3-2-4-14(13)17-18-15/h5-6,12H,2-4,7-10H2,1H3,(H,17,18). The van der Waals surface area contributed by atoms with Crippen LogP contribution in [0.5, 0.6) is 0 Å². The van der Waals surface area contributed by atoms with Gasteiger partial charge in [0.05, 0.1) is 17.9 Å². The Hall–Kier alpha value is -1.95. The van der Waals surface area contributed by atoms with E-state index in [1.165, 1.54) is 29.8 Å². The molecule has 2 aromatic rings. The fourth-order valence-electron chi connectivity index (χ4n) is 3.58. The molecule has 1 aliphatic carbocycles. The molecule has 22 heavy (non-hydrogen) atoms. The highest BCUT2D eigenvalue weighted by Crippen LogP contribution is 2.26. The van der Waals surface area contributed by atoms with Crippen LogP contribution in [0.25, 0.3) is 0 Å². The molecule has 6 nitrogen and oxygen atoms in total. The number of hydrogen-bond donors (Lipinski definition) is 1. The Morgan fingerprint density at radius 1 is 1.32 bits per heavy atom. The summed E-state index contributed by atoms with van der Waals surface area (Å²) in [6.45, 7) is 5.60. The van der Waals surface area contributed by atoms with Crippen LogP contribution in [0.3, 0.4) is 0 Å². The van der Waals surface area contributed by atoms with Crippen LogP contribution in [0.15, 0.2) is 16.9 Å². The molecule has 0 saturated carbocycles. The summed E-state index contributed by atoms with van der Waals surface area (Å²) in [5.74, 6) is 0.513. The topological polar surface area (TPSA) is 66.8 Å². The van der Waals surface area contributed by atoms with Crippen LogP contribution < -0.4 is 5.56 Å². The molecule has 6 heteroatoms. The zero-order chi connectivity index (χ0) is 15.1. The van der Waals surface area contributed by atoms with Crippen molar-refractivity contribution in [1.29, 1.82) is 0 Å². The number of nitrogens with zero attached hydrogens (tertiary/aromatic N) is 4. The van der Waals surface area contributed by atoms with E-state index in [1.807, 2.05) is 6.92 Å². The second-order valence-electron chi connectivity index (χ2n) is 6.54. The summed E-state index contributed by atoms with van der Waals surface area (Å²) in [6, 6.07) is 3.37. The second kappa shape index (κ2) is 5.35. The summed E-state index contributed by atoms with van der Waals surface area (Å²) in [6.07, 6.45) is 3.56. The predicted molar refractivity (Wildman–Crippen MR) is 82.6 cm³/mol. The van der Waals surface area contributed by atoms with Crippen LogP contribution in [0.1, 0.15) is 29.1 Å². The van der Waals surface area contributed by atoms with Crippen molar-refractivity contribution in [2.45, 2.75) is 39.3 Å². The second-order valence-corrected chi connectivity index (χ2v) is 6.54. The highest BCUT2D eigenvalue weighted by atomic mass is 16.1.